The lowest BCUT2D eigenvalue weighted by atomic mass is 10.3. The molecule has 0 atom stereocenters. The maximum absolute atomic E-state index is 13.3. The van der Waals surface area contributed by atoms with E-state index in [1.165, 1.54) is 6.07 Å². The maximum Gasteiger partial charge on any atom is 0.242 e. The maximum atomic E-state index is 13.3. The molecule has 1 amide bonds. The predicted molar refractivity (Wildman–Crippen MR) is 73.0 cm³/mol. The van der Waals surface area contributed by atoms with Crippen LogP contribution < -0.4 is 5.32 Å². The fourth-order valence-electron chi connectivity index (χ4n) is 1.91. The van der Waals surface area contributed by atoms with Gasteiger partial charge in [0.1, 0.15) is 5.82 Å². The fourth-order valence-corrected chi connectivity index (χ4v) is 2.16. The number of carbonyl (C=O) groups is 1. The van der Waals surface area contributed by atoms with Gasteiger partial charge in [-0.05, 0) is 53.9 Å². The molecule has 1 aliphatic carbocycles. The number of benzene rings is 1. The Hall–Kier alpha value is -1.10. The molecule has 0 aliphatic heterocycles. The summed E-state index contributed by atoms with van der Waals surface area (Å²) in [6.45, 7) is 2.93. The van der Waals surface area contributed by atoms with Crippen molar-refractivity contribution in [2.24, 2.45) is 0 Å². The summed E-state index contributed by atoms with van der Waals surface area (Å²) in [6, 6.07) is 5.17. The Bertz CT molecular complexity index is 449. The zero-order valence-electron chi connectivity index (χ0n) is 10.2. The smallest absolute Gasteiger partial charge is 0.242 e. The van der Waals surface area contributed by atoms with Crippen molar-refractivity contribution in [2.75, 3.05) is 18.4 Å². The first-order valence-corrected chi connectivity index (χ1v) is 6.89. The summed E-state index contributed by atoms with van der Waals surface area (Å²) in [5.41, 5.74) is 0.621. The van der Waals surface area contributed by atoms with Crippen molar-refractivity contribution in [3.05, 3.63) is 28.5 Å². The van der Waals surface area contributed by atoms with Crippen LogP contribution in [-0.4, -0.2) is 29.9 Å². The highest BCUT2D eigenvalue weighted by Gasteiger charge is 2.30. The van der Waals surface area contributed by atoms with Crippen LogP contribution in [0.1, 0.15) is 19.8 Å². The van der Waals surface area contributed by atoms with Crippen molar-refractivity contribution in [3.63, 3.8) is 0 Å². The van der Waals surface area contributed by atoms with Crippen molar-refractivity contribution >= 4 is 27.5 Å². The summed E-state index contributed by atoms with van der Waals surface area (Å²) in [6.07, 6.45) is 2.21. The largest absolute Gasteiger partial charge is 0.376 e. The number of halogens is 2. The van der Waals surface area contributed by atoms with Crippen molar-refractivity contribution in [1.82, 2.24) is 4.90 Å². The fraction of sp³-hybridized carbons (Fsp3) is 0.462. The molecule has 1 aromatic carbocycles. The Labute approximate surface area is 114 Å². The number of anilines is 1. The number of hydrogen-bond donors (Lipinski definition) is 1. The van der Waals surface area contributed by atoms with Gasteiger partial charge in [-0.1, -0.05) is 0 Å². The minimum atomic E-state index is -0.331. The van der Waals surface area contributed by atoms with E-state index in [-0.39, 0.29) is 18.3 Å². The summed E-state index contributed by atoms with van der Waals surface area (Å²) in [7, 11) is 0. The van der Waals surface area contributed by atoms with Gasteiger partial charge in [-0.25, -0.2) is 4.39 Å². The van der Waals surface area contributed by atoms with Crippen LogP contribution in [0.2, 0.25) is 0 Å². The quantitative estimate of drug-likeness (QED) is 0.906. The number of hydrogen-bond acceptors (Lipinski definition) is 2. The van der Waals surface area contributed by atoms with Gasteiger partial charge in [-0.2, -0.15) is 0 Å². The second kappa shape index (κ2) is 5.69. The molecule has 2 rings (SSSR count). The highest BCUT2D eigenvalue weighted by atomic mass is 79.9. The van der Waals surface area contributed by atoms with E-state index in [1.807, 2.05) is 11.8 Å². The van der Waals surface area contributed by atoms with E-state index in [1.54, 1.807) is 12.1 Å². The molecule has 0 unspecified atom stereocenters. The number of rotatable bonds is 5. The van der Waals surface area contributed by atoms with Crippen LogP contribution in [0.4, 0.5) is 10.1 Å². The summed E-state index contributed by atoms with van der Waals surface area (Å²) in [5, 5.41) is 2.96. The molecule has 1 aromatic rings. The molecule has 0 bridgehead atoms. The summed E-state index contributed by atoms with van der Waals surface area (Å²) >= 11 is 3.09. The minimum Gasteiger partial charge on any atom is -0.376 e. The van der Waals surface area contributed by atoms with E-state index in [0.29, 0.717) is 16.2 Å². The molecule has 1 N–H and O–H groups in total. The molecule has 0 spiro atoms. The molecule has 18 heavy (non-hydrogen) atoms. The lowest BCUT2D eigenvalue weighted by Crippen LogP contribution is -2.37. The Morgan fingerprint density at radius 2 is 2.28 bits per heavy atom. The van der Waals surface area contributed by atoms with Gasteiger partial charge >= 0.3 is 0 Å². The van der Waals surface area contributed by atoms with Crippen molar-refractivity contribution in [2.45, 2.75) is 25.8 Å². The number of nitrogens with one attached hydrogen (secondary N) is 1. The van der Waals surface area contributed by atoms with Crippen molar-refractivity contribution < 1.29 is 9.18 Å². The third-order valence-corrected chi connectivity index (χ3v) is 3.66. The highest BCUT2D eigenvalue weighted by Crippen LogP contribution is 2.26. The second-order valence-corrected chi connectivity index (χ2v) is 5.25. The summed E-state index contributed by atoms with van der Waals surface area (Å²) < 4.78 is 13.7. The Kier molecular flexibility index (Phi) is 4.22. The van der Waals surface area contributed by atoms with Crippen LogP contribution in [0.5, 0.6) is 0 Å². The van der Waals surface area contributed by atoms with Gasteiger partial charge in [0, 0.05) is 18.3 Å². The van der Waals surface area contributed by atoms with Crippen LogP contribution in [0.25, 0.3) is 0 Å². The van der Waals surface area contributed by atoms with Gasteiger partial charge < -0.3 is 10.2 Å². The predicted octanol–water partition coefficient (Wildman–Crippen LogP) is 3.01. The van der Waals surface area contributed by atoms with Gasteiger partial charge in [0.25, 0.3) is 0 Å². The number of carbonyl (C=O) groups excluding carboxylic acids is 1. The Morgan fingerprint density at radius 1 is 1.56 bits per heavy atom. The van der Waals surface area contributed by atoms with Gasteiger partial charge in [-0.15, -0.1) is 0 Å². The zero-order valence-corrected chi connectivity index (χ0v) is 11.8. The van der Waals surface area contributed by atoms with Crippen LogP contribution in [0, 0.1) is 5.82 Å². The molecule has 1 aliphatic rings. The molecule has 0 radical (unpaired) electrons. The average Bonchev–Trinajstić information content (AvgIpc) is 3.16. The molecule has 1 saturated carbocycles. The van der Waals surface area contributed by atoms with Gasteiger partial charge in [0.2, 0.25) is 5.91 Å². The van der Waals surface area contributed by atoms with E-state index < -0.39 is 0 Å². The second-order valence-electron chi connectivity index (χ2n) is 4.39. The molecular formula is C13H16BrFN2O. The van der Waals surface area contributed by atoms with Gasteiger partial charge in [-0.3, -0.25) is 4.79 Å². The van der Waals surface area contributed by atoms with E-state index in [2.05, 4.69) is 21.2 Å². The average molecular weight is 315 g/mol. The van der Waals surface area contributed by atoms with E-state index in [4.69, 9.17) is 0 Å². The molecule has 0 saturated heterocycles. The standard InChI is InChI=1S/C13H16BrFN2O/c1-2-17(10-4-5-10)13(18)8-16-9-3-6-11(14)12(15)7-9/h3,6-7,10,16H,2,4-5,8H2,1H3. The van der Waals surface area contributed by atoms with E-state index in [0.717, 1.165) is 19.4 Å². The molecule has 5 heteroatoms. The minimum absolute atomic E-state index is 0.0725. The normalized spacial score (nSPS) is 14.4. The summed E-state index contributed by atoms with van der Waals surface area (Å²) in [4.78, 5) is 13.8. The van der Waals surface area contributed by atoms with Crippen LogP contribution in [0.3, 0.4) is 0 Å². The number of likely N-dealkylation sites (N-methyl/N-ethyl adjacent to an activating group) is 1. The van der Waals surface area contributed by atoms with Crippen LogP contribution in [0.15, 0.2) is 22.7 Å². The van der Waals surface area contributed by atoms with E-state index in [9.17, 15) is 9.18 Å². The topological polar surface area (TPSA) is 32.3 Å². The first-order chi connectivity index (χ1) is 8.61. The van der Waals surface area contributed by atoms with Gasteiger partial charge in [0.05, 0.1) is 11.0 Å². The number of nitrogens with zero attached hydrogens (tertiary/aromatic N) is 1. The Balaban J connectivity index is 1.90. The lowest BCUT2D eigenvalue weighted by Gasteiger charge is -2.20. The van der Waals surface area contributed by atoms with Crippen molar-refractivity contribution in [3.8, 4) is 0 Å². The first kappa shape index (κ1) is 13.3. The highest BCUT2D eigenvalue weighted by molar-refractivity contribution is 9.10. The van der Waals surface area contributed by atoms with Crippen molar-refractivity contribution in [1.29, 1.82) is 0 Å². The molecule has 0 heterocycles. The Morgan fingerprint density at radius 3 is 2.83 bits per heavy atom. The third kappa shape index (κ3) is 3.22. The number of amides is 1. The zero-order chi connectivity index (χ0) is 13.1. The lowest BCUT2D eigenvalue weighted by molar-refractivity contribution is -0.129. The van der Waals surface area contributed by atoms with Gasteiger partial charge in [0.15, 0.2) is 0 Å². The molecule has 3 nitrogen and oxygen atoms in total. The van der Waals surface area contributed by atoms with Crippen LogP contribution >= 0.6 is 15.9 Å². The molecule has 0 aromatic heterocycles. The molecule has 1 fully saturated rings. The SMILES string of the molecule is CCN(C(=O)CNc1ccc(Br)c(F)c1)C1CC1. The third-order valence-electron chi connectivity index (χ3n) is 3.01. The first-order valence-electron chi connectivity index (χ1n) is 6.10. The molecular weight excluding hydrogens is 299 g/mol. The summed E-state index contributed by atoms with van der Waals surface area (Å²) in [5.74, 6) is -0.259. The monoisotopic (exact) mass is 314 g/mol. The molecule has 98 valence electrons. The van der Waals surface area contributed by atoms with E-state index >= 15 is 0 Å². The van der Waals surface area contributed by atoms with Crippen LogP contribution in [-0.2, 0) is 4.79 Å².